The van der Waals surface area contributed by atoms with Gasteiger partial charge in [0.25, 0.3) is 0 Å². The standard InChI is InChI=1S/C15H28N2/c1-2-8-17(9-7-12-3-4-12)15-10-13-5-6-14(11-15)16-13/h12-16H,2-11H2,1H3. The highest BCUT2D eigenvalue weighted by Gasteiger charge is 2.36. The molecule has 3 rings (SSSR count). The predicted octanol–water partition coefficient (Wildman–Crippen LogP) is 2.78. The van der Waals surface area contributed by atoms with Crippen LogP contribution >= 0.6 is 0 Å². The molecule has 0 aromatic rings. The van der Waals surface area contributed by atoms with Gasteiger partial charge >= 0.3 is 0 Å². The Morgan fingerprint density at radius 1 is 1.00 bits per heavy atom. The average molecular weight is 236 g/mol. The minimum absolute atomic E-state index is 0.846. The topological polar surface area (TPSA) is 15.3 Å². The molecule has 3 fully saturated rings. The molecule has 0 aromatic heterocycles. The van der Waals surface area contributed by atoms with Crippen molar-refractivity contribution in [2.75, 3.05) is 13.1 Å². The molecule has 0 spiro atoms. The van der Waals surface area contributed by atoms with Crippen LogP contribution in [0.1, 0.15) is 58.3 Å². The van der Waals surface area contributed by atoms with Gasteiger partial charge in [0.1, 0.15) is 0 Å². The molecule has 0 amide bonds. The minimum atomic E-state index is 0.846. The van der Waals surface area contributed by atoms with E-state index in [2.05, 4.69) is 17.1 Å². The van der Waals surface area contributed by atoms with Gasteiger partial charge in [0, 0.05) is 18.1 Å². The van der Waals surface area contributed by atoms with Crippen molar-refractivity contribution >= 4 is 0 Å². The second-order valence-corrected chi connectivity index (χ2v) is 6.53. The summed E-state index contributed by atoms with van der Waals surface area (Å²) in [6, 6.07) is 2.59. The molecule has 1 N–H and O–H groups in total. The van der Waals surface area contributed by atoms with Gasteiger partial charge in [0.05, 0.1) is 0 Å². The van der Waals surface area contributed by atoms with E-state index in [1.54, 1.807) is 0 Å². The molecule has 0 radical (unpaired) electrons. The number of nitrogens with one attached hydrogen (secondary N) is 1. The van der Waals surface area contributed by atoms with Crippen LogP contribution in [-0.4, -0.2) is 36.1 Å². The summed E-state index contributed by atoms with van der Waals surface area (Å²) < 4.78 is 0. The summed E-state index contributed by atoms with van der Waals surface area (Å²) in [5, 5.41) is 3.77. The minimum Gasteiger partial charge on any atom is -0.311 e. The van der Waals surface area contributed by atoms with E-state index in [1.807, 2.05) is 0 Å². The molecular formula is C15H28N2. The lowest BCUT2D eigenvalue weighted by Crippen LogP contribution is -2.48. The van der Waals surface area contributed by atoms with E-state index in [1.165, 1.54) is 64.5 Å². The molecule has 98 valence electrons. The number of nitrogens with zero attached hydrogens (tertiary/aromatic N) is 1. The van der Waals surface area contributed by atoms with Crippen LogP contribution in [0.15, 0.2) is 0 Å². The lowest BCUT2D eigenvalue weighted by Gasteiger charge is -2.38. The quantitative estimate of drug-likeness (QED) is 0.763. The van der Waals surface area contributed by atoms with Crippen molar-refractivity contribution in [2.24, 2.45) is 5.92 Å². The van der Waals surface area contributed by atoms with E-state index in [0.29, 0.717) is 0 Å². The Kier molecular flexibility index (Phi) is 3.72. The first-order valence-electron chi connectivity index (χ1n) is 7.85. The Morgan fingerprint density at radius 3 is 2.29 bits per heavy atom. The average Bonchev–Trinajstić information content (AvgIpc) is 3.10. The van der Waals surface area contributed by atoms with Gasteiger partial charge < -0.3 is 10.2 Å². The van der Waals surface area contributed by atoms with Crippen molar-refractivity contribution in [3.63, 3.8) is 0 Å². The van der Waals surface area contributed by atoms with Crippen molar-refractivity contribution in [1.82, 2.24) is 10.2 Å². The fraction of sp³-hybridized carbons (Fsp3) is 1.00. The highest BCUT2D eigenvalue weighted by atomic mass is 15.2. The maximum atomic E-state index is 3.77. The molecule has 2 bridgehead atoms. The van der Waals surface area contributed by atoms with Gasteiger partial charge in [-0.25, -0.2) is 0 Å². The summed E-state index contributed by atoms with van der Waals surface area (Å²) in [6.07, 6.45) is 11.5. The van der Waals surface area contributed by atoms with Crippen LogP contribution in [0.25, 0.3) is 0 Å². The number of fused-ring (bicyclic) bond motifs is 2. The summed E-state index contributed by atoms with van der Waals surface area (Å²) in [7, 11) is 0. The molecule has 3 aliphatic rings. The monoisotopic (exact) mass is 236 g/mol. The largest absolute Gasteiger partial charge is 0.311 e. The van der Waals surface area contributed by atoms with Crippen LogP contribution in [0.4, 0.5) is 0 Å². The zero-order valence-corrected chi connectivity index (χ0v) is 11.3. The fourth-order valence-electron chi connectivity index (χ4n) is 3.84. The van der Waals surface area contributed by atoms with Crippen molar-refractivity contribution in [3.05, 3.63) is 0 Å². The first-order chi connectivity index (χ1) is 8.35. The van der Waals surface area contributed by atoms with E-state index < -0.39 is 0 Å². The van der Waals surface area contributed by atoms with E-state index in [9.17, 15) is 0 Å². The molecule has 17 heavy (non-hydrogen) atoms. The summed E-state index contributed by atoms with van der Waals surface area (Å²) in [5.74, 6) is 1.09. The third kappa shape index (κ3) is 3.03. The number of hydrogen-bond acceptors (Lipinski definition) is 2. The number of piperidine rings is 1. The predicted molar refractivity (Wildman–Crippen MR) is 72.2 cm³/mol. The van der Waals surface area contributed by atoms with Gasteiger partial charge in [0.2, 0.25) is 0 Å². The highest BCUT2D eigenvalue weighted by molar-refractivity contribution is 4.95. The molecule has 2 aliphatic heterocycles. The van der Waals surface area contributed by atoms with E-state index in [0.717, 1.165) is 24.0 Å². The van der Waals surface area contributed by atoms with E-state index >= 15 is 0 Å². The van der Waals surface area contributed by atoms with Crippen LogP contribution in [0.3, 0.4) is 0 Å². The number of rotatable bonds is 6. The highest BCUT2D eigenvalue weighted by Crippen LogP contribution is 2.34. The van der Waals surface area contributed by atoms with Crippen LogP contribution in [-0.2, 0) is 0 Å². The smallest absolute Gasteiger partial charge is 0.0125 e. The van der Waals surface area contributed by atoms with Crippen molar-refractivity contribution in [3.8, 4) is 0 Å². The third-order valence-electron chi connectivity index (χ3n) is 5.00. The number of hydrogen-bond donors (Lipinski definition) is 1. The van der Waals surface area contributed by atoms with Gasteiger partial charge in [-0.2, -0.15) is 0 Å². The Bertz CT molecular complexity index is 237. The summed E-state index contributed by atoms with van der Waals surface area (Å²) in [6.45, 7) is 5.04. The first kappa shape index (κ1) is 12.0. The molecule has 2 atom stereocenters. The Labute approximate surface area is 106 Å². The fourth-order valence-corrected chi connectivity index (χ4v) is 3.84. The Balaban J connectivity index is 1.53. The molecular weight excluding hydrogens is 208 g/mol. The van der Waals surface area contributed by atoms with Crippen LogP contribution in [0.2, 0.25) is 0 Å². The van der Waals surface area contributed by atoms with Gasteiger partial charge in [-0.3, -0.25) is 0 Å². The molecule has 1 saturated carbocycles. The Morgan fingerprint density at radius 2 is 1.71 bits per heavy atom. The van der Waals surface area contributed by atoms with Gasteiger partial charge in [-0.05, 0) is 57.5 Å². The molecule has 2 unspecified atom stereocenters. The first-order valence-corrected chi connectivity index (χ1v) is 7.85. The normalized spacial score (nSPS) is 36.7. The van der Waals surface area contributed by atoms with Crippen LogP contribution < -0.4 is 5.32 Å². The summed E-state index contributed by atoms with van der Waals surface area (Å²) >= 11 is 0. The van der Waals surface area contributed by atoms with Gasteiger partial charge in [-0.1, -0.05) is 19.8 Å². The Hall–Kier alpha value is -0.0800. The second-order valence-electron chi connectivity index (χ2n) is 6.53. The summed E-state index contributed by atoms with van der Waals surface area (Å²) in [5.41, 5.74) is 0. The SMILES string of the molecule is CCCN(CCC1CC1)C1CC2CCC(C1)N2. The molecule has 1 aliphatic carbocycles. The summed E-state index contributed by atoms with van der Waals surface area (Å²) in [4.78, 5) is 2.82. The molecule has 2 nitrogen and oxygen atoms in total. The molecule has 2 heterocycles. The zero-order valence-electron chi connectivity index (χ0n) is 11.3. The van der Waals surface area contributed by atoms with Crippen LogP contribution in [0, 0.1) is 5.92 Å². The maximum Gasteiger partial charge on any atom is 0.0125 e. The molecule has 0 aromatic carbocycles. The van der Waals surface area contributed by atoms with Crippen molar-refractivity contribution < 1.29 is 0 Å². The van der Waals surface area contributed by atoms with Gasteiger partial charge in [-0.15, -0.1) is 0 Å². The van der Waals surface area contributed by atoms with Crippen LogP contribution in [0.5, 0.6) is 0 Å². The lowest BCUT2D eigenvalue weighted by atomic mass is 9.97. The molecule has 2 saturated heterocycles. The third-order valence-corrected chi connectivity index (χ3v) is 5.00. The van der Waals surface area contributed by atoms with Crippen molar-refractivity contribution in [1.29, 1.82) is 0 Å². The zero-order chi connectivity index (χ0) is 11.7. The lowest BCUT2D eigenvalue weighted by molar-refractivity contribution is 0.137. The van der Waals surface area contributed by atoms with Crippen molar-refractivity contribution in [2.45, 2.75) is 76.4 Å². The molecule has 2 heteroatoms. The van der Waals surface area contributed by atoms with E-state index in [-0.39, 0.29) is 0 Å². The van der Waals surface area contributed by atoms with Gasteiger partial charge in [0.15, 0.2) is 0 Å². The maximum absolute atomic E-state index is 3.77. The second kappa shape index (κ2) is 5.27. The van der Waals surface area contributed by atoms with E-state index in [4.69, 9.17) is 0 Å².